The van der Waals surface area contributed by atoms with Crippen LogP contribution in [0.2, 0.25) is 0 Å². The average molecular weight is 436 g/mol. The molecule has 0 bridgehead atoms. The smallest absolute Gasteiger partial charge is 0.379 e. The van der Waals surface area contributed by atoms with Crippen LogP contribution in [0.15, 0.2) is 22.7 Å². The fourth-order valence-electron chi connectivity index (χ4n) is 4.58. The molecule has 0 N–H and O–H groups in total. The number of likely N-dealkylation sites (tertiary alicyclic amines) is 1. The van der Waals surface area contributed by atoms with Crippen LogP contribution in [0.25, 0.3) is 11.4 Å². The van der Waals surface area contributed by atoms with Gasteiger partial charge in [0.15, 0.2) is 0 Å². The van der Waals surface area contributed by atoms with Crippen LogP contribution in [0.1, 0.15) is 41.1 Å². The van der Waals surface area contributed by atoms with Gasteiger partial charge in [0.05, 0.1) is 18.7 Å². The Kier molecular flexibility index (Phi) is 4.72. The highest BCUT2D eigenvalue weighted by atomic mass is 19.4. The lowest BCUT2D eigenvalue weighted by atomic mass is 10.00. The zero-order chi connectivity index (χ0) is 21.8. The number of nitrogens with zero attached hydrogens (tertiary/aromatic N) is 4. The molecule has 0 saturated carbocycles. The van der Waals surface area contributed by atoms with Gasteiger partial charge < -0.3 is 19.1 Å². The van der Waals surface area contributed by atoms with E-state index in [1.807, 2.05) is 4.90 Å². The van der Waals surface area contributed by atoms with Gasteiger partial charge in [0.25, 0.3) is 5.91 Å². The molecule has 2 atom stereocenters. The number of hydrogen-bond acceptors (Lipinski definition) is 6. The number of alkyl halides is 3. The lowest BCUT2D eigenvalue weighted by Crippen LogP contribution is -2.57. The van der Waals surface area contributed by atoms with Crippen molar-refractivity contribution in [1.29, 1.82) is 0 Å². The molecule has 8 nitrogen and oxygen atoms in total. The summed E-state index contributed by atoms with van der Waals surface area (Å²) in [5.41, 5.74) is 1.44. The molecule has 2 amide bonds. The number of benzene rings is 1. The summed E-state index contributed by atoms with van der Waals surface area (Å²) in [5, 5.41) is 3.39. The van der Waals surface area contributed by atoms with E-state index in [-0.39, 0.29) is 35.3 Å². The fourth-order valence-corrected chi connectivity index (χ4v) is 4.58. The van der Waals surface area contributed by atoms with Gasteiger partial charge >= 0.3 is 12.1 Å². The Morgan fingerprint density at radius 2 is 1.97 bits per heavy atom. The Morgan fingerprint density at radius 1 is 1.13 bits per heavy atom. The number of aromatic nitrogens is 2. The monoisotopic (exact) mass is 436 g/mol. The van der Waals surface area contributed by atoms with Crippen molar-refractivity contribution in [3.05, 3.63) is 35.2 Å². The van der Waals surface area contributed by atoms with Crippen molar-refractivity contribution in [3.63, 3.8) is 0 Å². The summed E-state index contributed by atoms with van der Waals surface area (Å²) in [4.78, 5) is 32.4. The Balaban J connectivity index is 1.41. The summed E-state index contributed by atoms with van der Waals surface area (Å²) in [6.07, 6.45) is -2.82. The number of carbonyl (C=O) groups is 2. The summed E-state index contributed by atoms with van der Waals surface area (Å²) < 4.78 is 48.2. The molecule has 0 spiro atoms. The van der Waals surface area contributed by atoms with Crippen LogP contribution in [0, 0.1) is 0 Å². The number of carbonyl (C=O) groups excluding carboxylic acids is 2. The maximum atomic E-state index is 13.2. The lowest BCUT2D eigenvalue weighted by molar-refractivity contribution is -0.159. The van der Waals surface area contributed by atoms with Crippen LogP contribution < -0.4 is 0 Å². The molecule has 1 aromatic carbocycles. The molecule has 0 aliphatic carbocycles. The van der Waals surface area contributed by atoms with Crippen LogP contribution >= 0.6 is 0 Å². The highest BCUT2D eigenvalue weighted by Crippen LogP contribution is 2.34. The molecule has 3 aliphatic heterocycles. The van der Waals surface area contributed by atoms with Gasteiger partial charge in [-0.2, -0.15) is 18.2 Å². The quantitative estimate of drug-likeness (QED) is 0.735. The minimum atomic E-state index is -4.74. The van der Waals surface area contributed by atoms with E-state index in [9.17, 15) is 22.8 Å². The Labute approximate surface area is 174 Å². The molecule has 31 heavy (non-hydrogen) atoms. The van der Waals surface area contributed by atoms with Crippen LogP contribution in [0.5, 0.6) is 0 Å². The van der Waals surface area contributed by atoms with Crippen molar-refractivity contribution in [2.75, 3.05) is 19.8 Å². The predicted octanol–water partition coefficient (Wildman–Crippen LogP) is 2.49. The second-order valence-corrected chi connectivity index (χ2v) is 7.91. The molecule has 2 fully saturated rings. The van der Waals surface area contributed by atoms with Crippen molar-refractivity contribution >= 4 is 11.8 Å². The van der Waals surface area contributed by atoms with Crippen LogP contribution in [0.3, 0.4) is 0 Å². The molecule has 0 unspecified atom stereocenters. The minimum absolute atomic E-state index is 0.0736. The Morgan fingerprint density at radius 3 is 2.68 bits per heavy atom. The third kappa shape index (κ3) is 3.46. The van der Waals surface area contributed by atoms with Gasteiger partial charge in [-0.15, -0.1) is 0 Å². The van der Waals surface area contributed by atoms with Crippen molar-refractivity contribution in [2.24, 2.45) is 0 Å². The van der Waals surface area contributed by atoms with Crippen LogP contribution in [-0.2, 0) is 22.3 Å². The summed E-state index contributed by atoms with van der Waals surface area (Å²) in [7, 11) is 0. The maximum absolute atomic E-state index is 13.2. The van der Waals surface area contributed by atoms with E-state index in [2.05, 4.69) is 14.7 Å². The largest absolute Gasteiger partial charge is 0.471 e. The third-order valence-corrected chi connectivity index (χ3v) is 6.07. The van der Waals surface area contributed by atoms with Crippen molar-refractivity contribution in [2.45, 2.75) is 44.1 Å². The van der Waals surface area contributed by atoms with Crippen LogP contribution in [-0.4, -0.2) is 63.6 Å². The summed E-state index contributed by atoms with van der Waals surface area (Å²) >= 11 is 0. The van der Waals surface area contributed by atoms with Gasteiger partial charge in [-0.25, -0.2) is 0 Å². The average Bonchev–Trinajstić information content (AvgIpc) is 3.47. The lowest BCUT2D eigenvalue weighted by Gasteiger charge is -2.42. The van der Waals surface area contributed by atoms with Gasteiger partial charge in [-0.05, 0) is 24.5 Å². The number of hydrogen-bond donors (Lipinski definition) is 0. The molecule has 5 rings (SSSR count). The third-order valence-electron chi connectivity index (χ3n) is 6.07. The summed E-state index contributed by atoms with van der Waals surface area (Å²) in [6, 6.07) is 4.39. The second kappa shape index (κ2) is 7.33. The van der Waals surface area contributed by atoms with E-state index in [1.54, 1.807) is 17.0 Å². The van der Waals surface area contributed by atoms with Gasteiger partial charge in [-0.3, -0.25) is 9.59 Å². The molecule has 11 heteroatoms. The Hall–Kier alpha value is -2.95. The number of ether oxygens (including phenoxy) is 1. The first-order valence-corrected chi connectivity index (χ1v) is 10.1. The van der Waals surface area contributed by atoms with E-state index < -0.39 is 12.1 Å². The molecule has 2 saturated heterocycles. The molecule has 0 radical (unpaired) electrons. The highest BCUT2D eigenvalue weighted by Gasteiger charge is 2.43. The molecule has 2 aromatic rings. The Bertz CT molecular complexity index is 1040. The van der Waals surface area contributed by atoms with Crippen molar-refractivity contribution in [1.82, 2.24) is 19.9 Å². The SMILES string of the molecule is O=C1CCCN1[C@@H]1COCC[C@H]1N1Cc2ccc(-c3noc(C(F)(F)F)n3)cc2C1=O. The van der Waals surface area contributed by atoms with Crippen molar-refractivity contribution in [3.8, 4) is 11.4 Å². The highest BCUT2D eigenvalue weighted by molar-refractivity contribution is 5.99. The van der Waals surface area contributed by atoms with E-state index in [0.29, 0.717) is 44.7 Å². The number of rotatable bonds is 3. The minimum Gasteiger partial charge on any atom is -0.379 e. The topological polar surface area (TPSA) is 88.8 Å². The molecule has 3 aliphatic rings. The molecular formula is C20H19F3N4O4. The number of fused-ring (bicyclic) bond motifs is 1. The molecule has 1 aromatic heterocycles. The zero-order valence-electron chi connectivity index (χ0n) is 16.4. The first-order chi connectivity index (χ1) is 14.8. The van der Waals surface area contributed by atoms with Gasteiger partial charge in [-0.1, -0.05) is 17.3 Å². The first-order valence-electron chi connectivity index (χ1n) is 10.1. The number of halogens is 3. The van der Waals surface area contributed by atoms with Crippen molar-refractivity contribution < 1.29 is 32.0 Å². The molecule has 4 heterocycles. The van der Waals surface area contributed by atoms with E-state index >= 15 is 0 Å². The molecule has 164 valence electrons. The van der Waals surface area contributed by atoms with Gasteiger partial charge in [0, 0.05) is 37.2 Å². The van der Waals surface area contributed by atoms with E-state index in [1.165, 1.54) is 6.07 Å². The maximum Gasteiger partial charge on any atom is 0.471 e. The first kappa shape index (κ1) is 20.0. The van der Waals surface area contributed by atoms with E-state index in [0.717, 1.165) is 12.0 Å². The zero-order valence-corrected chi connectivity index (χ0v) is 16.4. The predicted molar refractivity (Wildman–Crippen MR) is 98.6 cm³/mol. The standard InChI is InChI=1S/C20H19F3N4O4/c21-20(22,23)19-24-17(25-31-19)11-3-4-12-9-27(18(29)13(12)8-11)14-5-7-30-10-15(14)26-6-1-2-16(26)28/h3-4,8,14-15H,1-2,5-7,9-10H2/t14-,15-/m1/s1. The number of amides is 2. The summed E-state index contributed by atoms with van der Waals surface area (Å²) in [5.74, 6) is -1.81. The fraction of sp³-hybridized carbons (Fsp3) is 0.500. The van der Waals surface area contributed by atoms with Gasteiger partial charge in [0.2, 0.25) is 11.7 Å². The summed E-state index contributed by atoms with van der Waals surface area (Å²) in [6.45, 7) is 1.90. The normalized spacial score (nSPS) is 24.2. The van der Waals surface area contributed by atoms with E-state index in [4.69, 9.17) is 4.74 Å². The van der Waals surface area contributed by atoms with Gasteiger partial charge in [0.1, 0.15) is 0 Å². The van der Waals surface area contributed by atoms with Crippen LogP contribution in [0.4, 0.5) is 13.2 Å². The molecular weight excluding hydrogens is 417 g/mol. The second-order valence-electron chi connectivity index (χ2n) is 7.91.